The Morgan fingerprint density at radius 2 is 2.16 bits per heavy atom. The number of ether oxygens (including phenoxy) is 1. The summed E-state index contributed by atoms with van der Waals surface area (Å²) < 4.78 is 5.86. The van der Waals surface area contributed by atoms with Crippen molar-refractivity contribution in [3.05, 3.63) is 65.5 Å². The Kier molecular flexibility index (Phi) is 3.86. The second kappa shape index (κ2) is 5.95. The molecule has 1 atom stereocenters. The molecule has 2 aromatic rings. The number of pyridine rings is 1. The molecule has 0 saturated heterocycles. The van der Waals surface area contributed by atoms with Gasteiger partial charge in [-0.1, -0.05) is 30.3 Å². The Labute approximate surface area is 113 Å². The van der Waals surface area contributed by atoms with Crippen LogP contribution in [0.4, 0.5) is 0 Å². The van der Waals surface area contributed by atoms with Crippen molar-refractivity contribution in [3.8, 4) is 0 Å². The average molecular weight is 254 g/mol. The third kappa shape index (κ3) is 3.00. The number of nitrogens with zero attached hydrogens (tertiary/aromatic N) is 1. The van der Waals surface area contributed by atoms with Crippen molar-refractivity contribution in [1.29, 1.82) is 0 Å². The minimum absolute atomic E-state index is 0.168. The largest absolute Gasteiger partial charge is 0.372 e. The molecule has 1 aliphatic heterocycles. The summed E-state index contributed by atoms with van der Waals surface area (Å²) in [4.78, 5) is 4.11. The maximum absolute atomic E-state index is 5.86. The van der Waals surface area contributed by atoms with Crippen LogP contribution in [0.5, 0.6) is 0 Å². The Morgan fingerprint density at radius 1 is 1.21 bits per heavy atom. The standard InChI is InChI=1S/C16H18N2O/c1-2-6-15-14(5-1)7-9-19-16(15)12-18-11-13-4-3-8-17-10-13/h1-6,8,10,16,18H,7,9,11-12H2. The van der Waals surface area contributed by atoms with Crippen LogP contribution in [0.25, 0.3) is 0 Å². The third-order valence-electron chi connectivity index (χ3n) is 3.47. The van der Waals surface area contributed by atoms with Gasteiger partial charge in [0.1, 0.15) is 0 Å². The van der Waals surface area contributed by atoms with Gasteiger partial charge in [-0.2, -0.15) is 0 Å². The fraction of sp³-hybridized carbons (Fsp3) is 0.312. The molecule has 0 fully saturated rings. The fourth-order valence-electron chi connectivity index (χ4n) is 2.50. The smallest absolute Gasteiger partial charge is 0.0952 e. The molecule has 2 heterocycles. The van der Waals surface area contributed by atoms with E-state index in [9.17, 15) is 0 Å². The van der Waals surface area contributed by atoms with Gasteiger partial charge in [0, 0.05) is 25.5 Å². The second-order valence-electron chi connectivity index (χ2n) is 4.80. The van der Waals surface area contributed by atoms with Crippen molar-refractivity contribution < 1.29 is 4.74 Å². The highest BCUT2D eigenvalue weighted by molar-refractivity contribution is 5.31. The first-order valence-corrected chi connectivity index (χ1v) is 6.72. The molecule has 1 aromatic heterocycles. The van der Waals surface area contributed by atoms with Gasteiger partial charge >= 0.3 is 0 Å². The number of hydrogen-bond donors (Lipinski definition) is 1. The zero-order chi connectivity index (χ0) is 12.9. The molecule has 0 saturated carbocycles. The van der Waals surface area contributed by atoms with Crippen molar-refractivity contribution in [3.63, 3.8) is 0 Å². The van der Waals surface area contributed by atoms with Crippen molar-refractivity contribution in [2.24, 2.45) is 0 Å². The molecule has 0 spiro atoms. The van der Waals surface area contributed by atoms with E-state index in [0.29, 0.717) is 0 Å². The summed E-state index contributed by atoms with van der Waals surface area (Å²) in [7, 11) is 0. The van der Waals surface area contributed by atoms with E-state index >= 15 is 0 Å². The zero-order valence-electron chi connectivity index (χ0n) is 10.9. The average Bonchev–Trinajstić information content (AvgIpc) is 2.49. The highest BCUT2D eigenvalue weighted by Gasteiger charge is 2.19. The SMILES string of the molecule is c1cncc(CNCC2OCCc3ccccc32)c1. The van der Waals surface area contributed by atoms with Crippen LogP contribution in [0.1, 0.15) is 22.8 Å². The van der Waals surface area contributed by atoms with Gasteiger partial charge in [-0.3, -0.25) is 4.98 Å². The Balaban J connectivity index is 1.59. The first-order chi connectivity index (χ1) is 9.43. The summed E-state index contributed by atoms with van der Waals surface area (Å²) in [5.74, 6) is 0. The molecule has 3 nitrogen and oxygen atoms in total. The lowest BCUT2D eigenvalue weighted by Crippen LogP contribution is -2.27. The highest BCUT2D eigenvalue weighted by atomic mass is 16.5. The molecule has 19 heavy (non-hydrogen) atoms. The van der Waals surface area contributed by atoms with Crippen LogP contribution in [-0.2, 0) is 17.7 Å². The van der Waals surface area contributed by atoms with Gasteiger partial charge < -0.3 is 10.1 Å². The predicted octanol–water partition coefficient (Wildman–Crippen LogP) is 2.49. The van der Waals surface area contributed by atoms with E-state index < -0.39 is 0 Å². The summed E-state index contributed by atoms with van der Waals surface area (Å²) in [6, 6.07) is 12.6. The van der Waals surface area contributed by atoms with Crippen LogP contribution in [0, 0.1) is 0 Å². The van der Waals surface area contributed by atoms with Crippen LogP contribution in [0.3, 0.4) is 0 Å². The zero-order valence-corrected chi connectivity index (χ0v) is 10.9. The number of benzene rings is 1. The summed E-state index contributed by atoms with van der Waals surface area (Å²) in [5.41, 5.74) is 3.95. The molecule has 1 unspecified atom stereocenters. The molecule has 3 rings (SSSR count). The quantitative estimate of drug-likeness (QED) is 0.910. The van der Waals surface area contributed by atoms with Gasteiger partial charge in [0.2, 0.25) is 0 Å². The molecule has 0 radical (unpaired) electrons. The van der Waals surface area contributed by atoms with Crippen LogP contribution >= 0.6 is 0 Å². The summed E-state index contributed by atoms with van der Waals surface area (Å²) in [6.45, 7) is 2.48. The van der Waals surface area contributed by atoms with Gasteiger partial charge in [-0.05, 0) is 29.2 Å². The molecular weight excluding hydrogens is 236 g/mol. The molecule has 0 amide bonds. The van der Waals surface area contributed by atoms with Crippen LogP contribution < -0.4 is 5.32 Å². The molecule has 1 aromatic carbocycles. The lowest BCUT2D eigenvalue weighted by atomic mass is 9.97. The summed E-state index contributed by atoms with van der Waals surface area (Å²) in [6.07, 6.45) is 4.88. The molecule has 1 N–H and O–H groups in total. The molecule has 0 aliphatic carbocycles. The lowest BCUT2D eigenvalue weighted by molar-refractivity contribution is 0.0423. The minimum Gasteiger partial charge on any atom is -0.372 e. The van der Waals surface area contributed by atoms with Gasteiger partial charge in [-0.25, -0.2) is 0 Å². The van der Waals surface area contributed by atoms with E-state index in [0.717, 1.165) is 26.1 Å². The first-order valence-electron chi connectivity index (χ1n) is 6.72. The predicted molar refractivity (Wildman–Crippen MR) is 74.8 cm³/mol. The van der Waals surface area contributed by atoms with Gasteiger partial charge in [0.15, 0.2) is 0 Å². The van der Waals surface area contributed by atoms with Crippen LogP contribution in [0.2, 0.25) is 0 Å². The van der Waals surface area contributed by atoms with E-state index in [1.807, 2.05) is 12.3 Å². The van der Waals surface area contributed by atoms with E-state index in [1.54, 1.807) is 6.20 Å². The first kappa shape index (κ1) is 12.3. The van der Waals surface area contributed by atoms with E-state index in [-0.39, 0.29) is 6.10 Å². The van der Waals surface area contributed by atoms with E-state index in [4.69, 9.17) is 4.74 Å². The van der Waals surface area contributed by atoms with Crippen LogP contribution in [0.15, 0.2) is 48.8 Å². The summed E-state index contributed by atoms with van der Waals surface area (Å²) >= 11 is 0. The van der Waals surface area contributed by atoms with Gasteiger partial charge in [-0.15, -0.1) is 0 Å². The maximum Gasteiger partial charge on any atom is 0.0952 e. The molecule has 3 heteroatoms. The molecule has 0 bridgehead atoms. The van der Waals surface area contributed by atoms with Crippen molar-refractivity contribution in [1.82, 2.24) is 10.3 Å². The topological polar surface area (TPSA) is 34.2 Å². The molecular formula is C16H18N2O. The number of fused-ring (bicyclic) bond motifs is 1. The maximum atomic E-state index is 5.86. The normalized spacial score (nSPS) is 18.0. The Morgan fingerprint density at radius 3 is 3.05 bits per heavy atom. The van der Waals surface area contributed by atoms with Crippen LogP contribution in [-0.4, -0.2) is 18.1 Å². The Bertz CT molecular complexity index is 527. The van der Waals surface area contributed by atoms with Crippen molar-refractivity contribution in [2.75, 3.05) is 13.2 Å². The fourth-order valence-corrected chi connectivity index (χ4v) is 2.50. The van der Waals surface area contributed by atoms with Gasteiger partial charge in [0.25, 0.3) is 0 Å². The Hall–Kier alpha value is -1.71. The van der Waals surface area contributed by atoms with E-state index in [2.05, 4.69) is 40.6 Å². The number of hydrogen-bond acceptors (Lipinski definition) is 3. The van der Waals surface area contributed by atoms with E-state index in [1.165, 1.54) is 16.7 Å². The monoisotopic (exact) mass is 254 g/mol. The third-order valence-corrected chi connectivity index (χ3v) is 3.47. The second-order valence-corrected chi connectivity index (χ2v) is 4.80. The van der Waals surface area contributed by atoms with Crippen molar-refractivity contribution in [2.45, 2.75) is 19.1 Å². The van der Waals surface area contributed by atoms with Gasteiger partial charge in [0.05, 0.1) is 12.7 Å². The summed E-state index contributed by atoms with van der Waals surface area (Å²) in [5, 5.41) is 3.45. The minimum atomic E-state index is 0.168. The highest BCUT2D eigenvalue weighted by Crippen LogP contribution is 2.26. The number of rotatable bonds is 4. The number of nitrogens with one attached hydrogen (secondary N) is 1. The van der Waals surface area contributed by atoms with Crippen molar-refractivity contribution >= 4 is 0 Å². The lowest BCUT2D eigenvalue weighted by Gasteiger charge is -2.26. The number of aromatic nitrogens is 1. The molecule has 1 aliphatic rings. The molecule has 98 valence electrons.